The first kappa shape index (κ1) is 23.5. The smallest absolute Gasteiger partial charge is 0.256 e. The van der Waals surface area contributed by atoms with Gasteiger partial charge >= 0.3 is 0 Å². The number of carbonyl (C=O) groups is 1. The fraction of sp³-hybridized carbons (Fsp3) is 0.0833. The number of amides is 1. The molecule has 1 aromatic heterocycles. The molecule has 0 saturated carbocycles. The number of ether oxygens (including phenoxy) is 1. The van der Waals surface area contributed by atoms with Crippen LogP contribution >= 0.6 is 46.4 Å². The summed E-state index contributed by atoms with van der Waals surface area (Å²) >= 11 is 24.4. The van der Waals surface area contributed by atoms with Crippen molar-refractivity contribution in [3.05, 3.63) is 110 Å². The Morgan fingerprint density at radius 3 is 2.45 bits per heavy atom. The van der Waals surface area contributed by atoms with Crippen LogP contribution in [0.3, 0.4) is 0 Å². The van der Waals surface area contributed by atoms with Crippen molar-refractivity contribution in [1.82, 2.24) is 9.78 Å². The Labute approximate surface area is 210 Å². The zero-order chi connectivity index (χ0) is 23.4. The van der Waals surface area contributed by atoms with Crippen molar-refractivity contribution in [2.75, 3.05) is 5.32 Å². The predicted molar refractivity (Wildman–Crippen MR) is 133 cm³/mol. The van der Waals surface area contributed by atoms with Crippen molar-refractivity contribution < 1.29 is 9.53 Å². The van der Waals surface area contributed by atoms with Gasteiger partial charge in [0.25, 0.3) is 5.91 Å². The number of nitrogens with zero attached hydrogens (tertiary/aromatic N) is 2. The molecule has 0 aliphatic rings. The molecule has 0 radical (unpaired) electrons. The van der Waals surface area contributed by atoms with E-state index in [1.807, 2.05) is 24.3 Å². The van der Waals surface area contributed by atoms with Crippen LogP contribution in [0.1, 0.15) is 21.5 Å². The van der Waals surface area contributed by atoms with Gasteiger partial charge < -0.3 is 10.1 Å². The number of hydrogen-bond donors (Lipinski definition) is 1. The molecular weight excluding hydrogens is 504 g/mol. The molecule has 0 fully saturated rings. The summed E-state index contributed by atoms with van der Waals surface area (Å²) in [5, 5.41) is 8.90. The lowest BCUT2D eigenvalue weighted by Gasteiger charge is -2.09. The third-order valence-corrected chi connectivity index (χ3v) is 6.03. The standard InChI is InChI=1S/C24H17Cl4N3O2/c25-18-9-8-15(11-20(18)27)12-31-13-21(28)23(30-31)29-24(32)17-5-3-4-16(10-17)14-33-22-7-2-1-6-19(22)26/h1-11,13H,12,14H2,(H,29,30,32). The Kier molecular flexibility index (Phi) is 7.46. The summed E-state index contributed by atoms with van der Waals surface area (Å²) in [6, 6.07) is 19.6. The number of anilines is 1. The average molecular weight is 521 g/mol. The minimum Gasteiger partial charge on any atom is -0.487 e. The SMILES string of the molecule is O=C(Nc1nn(Cc2ccc(Cl)c(Cl)c2)cc1Cl)c1cccc(COc2ccccc2Cl)c1. The zero-order valence-electron chi connectivity index (χ0n) is 17.1. The van der Waals surface area contributed by atoms with Crippen LogP contribution in [0.2, 0.25) is 20.1 Å². The monoisotopic (exact) mass is 519 g/mol. The van der Waals surface area contributed by atoms with Crippen molar-refractivity contribution in [2.45, 2.75) is 13.2 Å². The second-order valence-electron chi connectivity index (χ2n) is 7.15. The maximum Gasteiger partial charge on any atom is 0.256 e. The highest BCUT2D eigenvalue weighted by Gasteiger charge is 2.14. The van der Waals surface area contributed by atoms with Crippen molar-refractivity contribution in [3.63, 3.8) is 0 Å². The van der Waals surface area contributed by atoms with Crippen molar-refractivity contribution >= 4 is 58.1 Å². The molecule has 33 heavy (non-hydrogen) atoms. The molecule has 0 unspecified atom stereocenters. The minimum atomic E-state index is -0.337. The highest BCUT2D eigenvalue weighted by molar-refractivity contribution is 6.42. The van der Waals surface area contributed by atoms with Gasteiger partial charge in [0.1, 0.15) is 17.4 Å². The van der Waals surface area contributed by atoms with E-state index in [2.05, 4.69) is 10.4 Å². The molecular formula is C24H17Cl4N3O2. The van der Waals surface area contributed by atoms with Gasteiger partial charge in [0.15, 0.2) is 5.82 Å². The summed E-state index contributed by atoms with van der Waals surface area (Å²) in [4.78, 5) is 12.8. The molecule has 9 heteroatoms. The molecule has 4 aromatic rings. The molecule has 0 saturated heterocycles. The summed E-state index contributed by atoms with van der Waals surface area (Å²) in [6.45, 7) is 0.686. The van der Waals surface area contributed by atoms with E-state index in [-0.39, 0.29) is 18.3 Å². The summed E-state index contributed by atoms with van der Waals surface area (Å²) in [5.41, 5.74) is 2.16. The highest BCUT2D eigenvalue weighted by atomic mass is 35.5. The van der Waals surface area contributed by atoms with Gasteiger partial charge in [-0.05, 0) is 47.5 Å². The molecule has 0 spiro atoms. The van der Waals surface area contributed by atoms with Gasteiger partial charge in [-0.2, -0.15) is 5.10 Å². The van der Waals surface area contributed by atoms with Crippen molar-refractivity contribution in [1.29, 1.82) is 0 Å². The van der Waals surface area contributed by atoms with Crippen LogP contribution in [0.4, 0.5) is 5.82 Å². The third kappa shape index (κ3) is 6.01. The van der Waals surface area contributed by atoms with Gasteiger partial charge in [-0.3, -0.25) is 9.48 Å². The molecule has 0 aliphatic carbocycles. The molecule has 1 N–H and O–H groups in total. The summed E-state index contributed by atoms with van der Waals surface area (Å²) in [6.07, 6.45) is 1.63. The van der Waals surface area contributed by atoms with E-state index in [4.69, 9.17) is 51.1 Å². The number of benzene rings is 3. The maximum absolute atomic E-state index is 12.8. The lowest BCUT2D eigenvalue weighted by atomic mass is 10.1. The molecule has 168 valence electrons. The average Bonchev–Trinajstić information content (AvgIpc) is 3.14. The van der Waals surface area contributed by atoms with Crippen molar-refractivity contribution in [2.24, 2.45) is 0 Å². The fourth-order valence-corrected chi connectivity index (χ4v) is 3.80. The van der Waals surface area contributed by atoms with Gasteiger partial charge in [0.2, 0.25) is 0 Å². The Hall–Kier alpha value is -2.70. The van der Waals surface area contributed by atoms with Crippen LogP contribution in [-0.4, -0.2) is 15.7 Å². The molecule has 0 aliphatic heterocycles. The molecule has 0 bridgehead atoms. The van der Waals surface area contributed by atoms with E-state index < -0.39 is 0 Å². The number of nitrogens with one attached hydrogen (secondary N) is 1. The van der Waals surface area contributed by atoms with Crippen LogP contribution in [0.15, 0.2) is 72.9 Å². The number of para-hydroxylation sites is 1. The van der Waals surface area contributed by atoms with Crippen LogP contribution in [0.25, 0.3) is 0 Å². The Balaban J connectivity index is 1.42. The van der Waals surface area contributed by atoms with Gasteiger partial charge in [0.05, 0.1) is 21.6 Å². The second kappa shape index (κ2) is 10.5. The number of halogens is 4. The molecule has 4 rings (SSSR count). The number of carbonyl (C=O) groups excluding carboxylic acids is 1. The first-order valence-corrected chi connectivity index (χ1v) is 11.3. The predicted octanol–water partition coefficient (Wildman–Crippen LogP) is 7.38. The van der Waals surface area contributed by atoms with E-state index >= 15 is 0 Å². The molecule has 3 aromatic carbocycles. The third-order valence-electron chi connectivity index (χ3n) is 4.70. The zero-order valence-corrected chi connectivity index (χ0v) is 20.1. The van der Waals surface area contributed by atoms with E-state index in [0.717, 1.165) is 11.1 Å². The van der Waals surface area contributed by atoms with Crippen molar-refractivity contribution in [3.8, 4) is 5.75 Å². The normalized spacial score (nSPS) is 10.8. The van der Waals surface area contributed by atoms with Gasteiger partial charge in [0, 0.05) is 11.8 Å². The first-order valence-electron chi connectivity index (χ1n) is 9.83. The van der Waals surface area contributed by atoms with E-state index in [0.29, 0.717) is 37.9 Å². The molecule has 0 atom stereocenters. The fourth-order valence-electron chi connectivity index (χ4n) is 3.09. The largest absolute Gasteiger partial charge is 0.487 e. The van der Waals surface area contributed by atoms with Gasteiger partial charge in [-0.15, -0.1) is 0 Å². The van der Waals surface area contributed by atoms with E-state index in [9.17, 15) is 4.79 Å². The van der Waals surface area contributed by atoms with Crippen LogP contribution in [0, 0.1) is 0 Å². The summed E-state index contributed by atoms with van der Waals surface area (Å²) < 4.78 is 7.37. The Morgan fingerprint density at radius 2 is 1.67 bits per heavy atom. The second-order valence-corrected chi connectivity index (χ2v) is 8.77. The van der Waals surface area contributed by atoms with Crippen LogP contribution in [0.5, 0.6) is 5.75 Å². The van der Waals surface area contributed by atoms with Crippen LogP contribution < -0.4 is 10.1 Å². The lowest BCUT2D eigenvalue weighted by molar-refractivity contribution is 0.102. The van der Waals surface area contributed by atoms with Gasteiger partial charge in [-0.25, -0.2) is 0 Å². The number of aromatic nitrogens is 2. The Morgan fingerprint density at radius 1 is 0.848 bits per heavy atom. The minimum absolute atomic E-state index is 0.263. The van der Waals surface area contributed by atoms with Gasteiger partial charge in [-0.1, -0.05) is 76.7 Å². The van der Waals surface area contributed by atoms with Crippen LogP contribution in [-0.2, 0) is 13.2 Å². The van der Waals surface area contributed by atoms with E-state index in [1.165, 1.54) is 0 Å². The highest BCUT2D eigenvalue weighted by Crippen LogP contribution is 2.26. The number of hydrogen-bond acceptors (Lipinski definition) is 3. The molecule has 1 amide bonds. The summed E-state index contributed by atoms with van der Waals surface area (Å²) in [7, 11) is 0. The quantitative estimate of drug-likeness (QED) is 0.276. The molecule has 5 nitrogen and oxygen atoms in total. The maximum atomic E-state index is 12.8. The number of rotatable bonds is 7. The lowest BCUT2D eigenvalue weighted by Crippen LogP contribution is -2.13. The topological polar surface area (TPSA) is 56.2 Å². The first-order chi connectivity index (χ1) is 15.9. The summed E-state index contributed by atoms with van der Waals surface area (Å²) in [5.74, 6) is 0.504. The van der Waals surface area contributed by atoms with E-state index in [1.54, 1.807) is 53.3 Å². The molecule has 1 heterocycles. The Bertz CT molecular complexity index is 1310.